The van der Waals surface area contributed by atoms with Crippen LogP contribution >= 0.6 is 0 Å². The molecule has 2 aliphatic heterocycles. The average Bonchev–Trinajstić information content (AvgIpc) is 2.88. The zero-order chi connectivity index (χ0) is 11.4. The monoisotopic (exact) mass is 220 g/mol. The standard InChI is InChI=1S/C13H20N2O/c1-12-6-11-15(13(12)16)10-5-4-9-14-7-2-3-8-14/h12H,2-3,6-11H2,1H3/t12-/m0/s1. The SMILES string of the molecule is C[C@H]1CCN(CC#CCN2CCCC2)C1=O. The minimum Gasteiger partial charge on any atom is -0.331 e. The summed E-state index contributed by atoms with van der Waals surface area (Å²) < 4.78 is 0. The highest BCUT2D eigenvalue weighted by Gasteiger charge is 2.26. The van der Waals surface area contributed by atoms with Gasteiger partial charge in [0.05, 0.1) is 13.1 Å². The van der Waals surface area contributed by atoms with E-state index in [9.17, 15) is 4.79 Å². The topological polar surface area (TPSA) is 23.6 Å². The van der Waals surface area contributed by atoms with Gasteiger partial charge in [-0.25, -0.2) is 0 Å². The van der Waals surface area contributed by atoms with Crippen LogP contribution in [0.2, 0.25) is 0 Å². The van der Waals surface area contributed by atoms with Crippen molar-refractivity contribution in [3.05, 3.63) is 0 Å². The summed E-state index contributed by atoms with van der Waals surface area (Å²) in [5, 5.41) is 0. The molecule has 2 fully saturated rings. The molecule has 1 atom stereocenters. The second-order valence-electron chi connectivity index (χ2n) is 4.79. The summed E-state index contributed by atoms with van der Waals surface area (Å²) in [5.41, 5.74) is 0. The molecule has 0 radical (unpaired) electrons. The van der Waals surface area contributed by atoms with Crippen molar-refractivity contribution in [3.63, 3.8) is 0 Å². The maximum atomic E-state index is 11.6. The lowest BCUT2D eigenvalue weighted by Crippen LogP contribution is -2.27. The molecule has 3 nitrogen and oxygen atoms in total. The van der Waals surface area contributed by atoms with Gasteiger partial charge in [-0.2, -0.15) is 0 Å². The first-order valence-electron chi connectivity index (χ1n) is 6.24. The third-order valence-electron chi connectivity index (χ3n) is 3.46. The van der Waals surface area contributed by atoms with Crippen molar-refractivity contribution in [1.82, 2.24) is 9.80 Å². The Bertz CT molecular complexity index is 310. The molecule has 3 heteroatoms. The van der Waals surface area contributed by atoms with Crippen molar-refractivity contribution >= 4 is 5.91 Å². The molecular formula is C13H20N2O. The Balaban J connectivity index is 1.70. The number of rotatable bonds is 2. The summed E-state index contributed by atoms with van der Waals surface area (Å²) >= 11 is 0. The Labute approximate surface area is 97.8 Å². The minimum atomic E-state index is 0.209. The second kappa shape index (κ2) is 5.36. The summed E-state index contributed by atoms with van der Waals surface area (Å²) in [7, 11) is 0. The molecule has 0 unspecified atom stereocenters. The molecule has 2 heterocycles. The molecular weight excluding hydrogens is 200 g/mol. The first kappa shape index (κ1) is 11.5. The fourth-order valence-corrected chi connectivity index (χ4v) is 2.31. The number of hydrogen-bond donors (Lipinski definition) is 0. The van der Waals surface area contributed by atoms with Crippen LogP contribution < -0.4 is 0 Å². The molecule has 0 saturated carbocycles. The first-order chi connectivity index (χ1) is 7.77. The minimum absolute atomic E-state index is 0.209. The van der Waals surface area contributed by atoms with Crippen LogP contribution in [0.5, 0.6) is 0 Å². The van der Waals surface area contributed by atoms with Gasteiger partial charge in [-0.3, -0.25) is 9.69 Å². The lowest BCUT2D eigenvalue weighted by atomic mass is 10.1. The Morgan fingerprint density at radius 1 is 1.19 bits per heavy atom. The van der Waals surface area contributed by atoms with E-state index in [1.165, 1.54) is 25.9 Å². The largest absolute Gasteiger partial charge is 0.331 e. The zero-order valence-corrected chi connectivity index (χ0v) is 10.0. The smallest absolute Gasteiger partial charge is 0.226 e. The Hall–Kier alpha value is -1.01. The second-order valence-corrected chi connectivity index (χ2v) is 4.79. The van der Waals surface area contributed by atoms with Crippen LogP contribution in [0.3, 0.4) is 0 Å². The number of likely N-dealkylation sites (tertiary alicyclic amines) is 2. The van der Waals surface area contributed by atoms with Crippen LogP contribution in [-0.4, -0.2) is 48.4 Å². The summed E-state index contributed by atoms with van der Waals surface area (Å²) in [6.45, 7) is 6.76. The van der Waals surface area contributed by atoms with E-state index in [2.05, 4.69) is 16.7 Å². The van der Waals surface area contributed by atoms with Gasteiger partial charge in [0, 0.05) is 12.5 Å². The number of carbonyl (C=O) groups is 1. The van der Waals surface area contributed by atoms with E-state index >= 15 is 0 Å². The van der Waals surface area contributed by atoms with Crippen LogP contribution in [0.4, 0.5) is 0 Å². The average molecular weight is 220 g/mol. The van der Waals surface area contributed by atoms with Gasteiger partial charge >= 0.3 is 0 Å². The van der Waals surface area contributed by atoms with Gasteiger partial charge in [-0.15, -0.1) is 0 Å². The lowest BCUT2D eigenvalue weighted by molar-refractivity contribution is -0.129. The fraction of sp³-hybridized carbons (Fsp3) is 0.769. The van der Waals surface area contributed by atoms with Gasteiger partial charge in [0.25, 0.3) is 0 Å². The molecule has 1 amide bonds. The molecule has 0 spiro atoms. The van der Waals surface area contributed by atoms with E-state index in [-0.39, 0.29) is 11.8 Å². The Morgan fingerprint density at radius 2 is 1.88 bits per heavy atom. The Morgan fingerprint density at radius 3 is 2.50 bits per heavy atom. The van der Waals surface area contributed by atoms with E-state index in [0.717, 1.165) is 19.5 Å². The lowest BCUT2D eigenvalue weighted by Gasteiger charge is -2.12. The molecule has 2 rings (SSSR count). The molecule has 0 aromatic carbocycles. The summed E-state index contributed by atoms with van der Waals surface area (Å²) in [5.74, 6) is 6.77. The van der Waals surface area contributed by atoms with Crippen LogP contribution in [-0.2, 0) is 4.79 Å². The molecule has 2 saturated heterocycles. The zero-order valence-electron chi connectivity index (χ0n) is 10.0. The number of nitrogens with zero attached hydrogens (tertiary/aromatic N) is 2. The number of carbonyl (C=O) groups excluding carboxylic acids is 1. The first-order valence-corrected chi connectivity index (χ1v) is 6.24. The van der Waals surface area contributed by atoms with Gasteiger partial charge in [-0.05, 0) is 32.4 Å². The van der Waals surface area contributed by atoms with Crippen LogP contribution in [0.15, 0.2) is 0 Å². The molecule has 88 valence electrons. The highest BCUT2D eigenvalue weighted by molar-refractivity contribution is 5.80. The van der Waals surface area contributed by atoms with Crippen LogP contribution in [0.1, 0.15) is 26.2 Å². The van der Waals surface area contributed by atoms with Gasteiger partial charge in [0.15, 0.2) is 0 Å². The third-order valence-corrected chi connectivity index (χ3v) is 3.46. The molecule has 2 aliphatic rings. The van der Waals surface area contributed by atoms with Crippen molar-refractivity contribution in [2.45, 2.75) is 26.2 Å². The molecule has 0 aromatic rings. The van der Waals surface area contributed by atoms with Crippen molar-refractivity contribution in [2.75, 3.05) is 32.7 Å². The predicted molar refractivity (Wildman–Crippen MR) is 63.8 cm³/mol. The van der Waals surface area contributed by atoms with E-state index in [0.29, 0.717) is 6.54 Å². The van der Waals surface area contributed by atoms with E-state index in [4.69, 9.17) is 0 Å². The predicted octanol–water partition coefficient (Wildman–Crippen LogP) is 0.954. The van der Waals surface area contributed by atoms with Gasteiger partial charge in [0.1, 0.15) is 0 Å². The van der Waals surface area contributed by atoms with E-state index in [1.54, 1.807) is 0 Å². The molecule has 0 aromatic heterocycles. The highest BCUT2D eigenvalue weighted by Crippen LogP contribution is 2.15. The van der Waals surface area contributed by atoms with Crippen molar-refractivity contribution in [3.8, 4) is 11.8 Å². The van der Waals surface area contributed by atoms with E-state index < -0.39 is 0 Å². The summed E-state index contributed by atoms with van der Waals surface area (Å²) in [6, 6.07) is 0. The van der Waals surface area contributed by atoms with Crippen LogP contribution in [0.25, 0.3) is 0 Å². The van der Waals surface area contributed by atoms with Gasteiger partial charge in [-0.1, -0.05) is 18.8 Å². The summed E-state index contributed by atoms with van der Waals surface area (Å²) in [4.78, 5) is 15.9. The van der Waals surface area contributed by atoms with Crippen molar-refractivity contribution in [1.29, 1.82) is 0 Å². The summed E-state index contributed by atoms with van der Waals surface area (Å²) in [6.07, 6.45) is 3.61. The highest BCUT2D eigenvalue weighted by atomic mass is 16.2. The molecule has 0 aliphatic carbocycles. The third kappa shape index (κ3) is 2.76. The maximum absolute atomic E-state index is 11.6. The fourth-order valence-electron chi connectivity index (χ4n) is 2.31. The van der Waals surface area contributed by atoms with Gasteiger partial charge in [0.2, 0.25) is 5.91 Å². The van der Waals surface area contributed by atoms with E-state index in [1.807, 2.05) is 11.8 Å². The molecule has 16 heavy (non-hydrogen) atoms. The number of amides is 1. The molecule has 0 N–H and O–H groups in total. The maximum Gasteiger partial charge on any atom is 0.226 e. The molecule has 0 bridgehead atoms. The van der Waals surface area contributed by atoms with Crippen molar-refractivity contribution < 1.29 is 4.79 Å². The normalized spacial score (nSPS) is 25.9. The van der Waals surface area contributed by atoms with Crippen molar-refractivity contribution in [2.24, 2.45) is 5.92 Å². The quantitative estimate of drug-likeness (QED) is 0.647. The number of hydrogen-bond acceptors (Lipinski definition) is 2. The van der Waals surface area contributed by atoms with Crippen LogP contribution in [0, 0.1) is 17.8 Å². The van der Waals surface area contributed by atoms with Gasteiger partial charge < -0.3 is 4.90 Å². The Kier molecular flexibility index (Phi) is 3.84.